The fraction of sp³-hybridized carbons (Fsp3) is 0.308. The predicted molar refractivity (Wildman–Crippen MR) is 70.2 cm³/mol. The van der Waals surface area contributed by atoms with Crippen molar-refractivity contribution in [2.45, 2.75) is 26.7 Å². The molecular weight excluding hydrogens is 236 g/mol. The number of rotatable bonds is 2. The van der Waals surface area contributed by atoms with E-state index in [4.69, 9.17) is 21.9 Å². The van der Waals surface area contributed by atoms with E-state index in [1.807, 2.05) is 25.1 Å². The molecule has 90 valence electrons. The summed E-state index contributed by atoms with van der Waals surface area (Å²) in [5, 5.41) is 4.78. The van der Waals surface area contributed by atoms with Crippen LogP contribution >= 0.6 is 11.6 Å². The first-order valence-electron chi connectivity index (χ1n) is 5.52. The van der Waals surface area contributed by atoms with Gasteiger partial charge >= 0.3 is 0 Å². The highest BCUT2D eigenvalue weighted by atomic mass is 35.5. The summed E-state index contributed by atoms with van der Waals surface area (Å²) < 4.78 is 5.08. The quantitative estimate of drug-likeness (QED) is 0.876. The Labute approximate surface area is 106 Å². The number of anilines is 1. The lowest BCUT2D eigenvalue weighted by Gasteiger charge is -2.06. The molecule has 2 N–H and O–H groups in total. The lowest BCUT2D eigenvalue weighted by molar-refractivity contribution is 0.438. The van der Waals surface area contributed by atoms with Gasteiger partial charge in [0.1, 0.15) is 5.69 Å². The zero-order valence-electron chi connectivity index (χ0n) is 10.1. The Bertz CT molecular complexity index is 546. The number of hydrogen-bond acceptors (Lipinski definition) is 3. The van der Waals surface area contributed by atoms with Gasteiger partial charge in [-0.15, -0.1) is 0 Å². The number of aryl methyl sites for hydroxylation is 1. The molecule has 2 rings (SSSR count). The number of aromatic nitrogens is 1. The number of hydrogen-bond donors (Lipinski definition) is 1. The Kier molecular flexibility index (Phi) is 3.11. The first-order valence-corrected chi connectivity index (χ1v) is 5.90. The van der Waals surface area contributed by atoms with Gasteiger partial charge in [-0.1, -0.05) is 36.7 Å². The molecule has 0 radical (unpaired) electrons. The van der Waals surface area contributed by atoms with Crippen LogP contribution in [0.2, 0.25) is 5.02 Å². The number of benzene rings is 1. The van der Waals surface area contributed by atoms with E-state index in [1.165, 1.54) is 0 Å². The minimum absolute atomic E-state index is 0.271. The Balaban J connectivity index is 2.56. The Morgan fingerprint density at radius 2 is 2.06 bits per heavy atom. The van der Waals surface area contributed by atoms with Crippen LogP contribution in [-0.4, -0.2) is 5.16 Å². The molecule has 0 unspecified atom stereocenters. The standard InChI is InChI=1S/C13H15ClN2O/c1-7(2)11-12(16-17-13(11)15)9-4-5-10(14)8(3)6-9/h4-7H,15H2,1-3H3. The third-order valence-corrected chi connectivity index (χ3v) is 3.19. The van der Waals surface area contributed by atoms with Crippen molar-refractivity contribution in [3.05, 3.63) is 34.3 Å². The molecule has 2 aromatic rings. The van der Waals surface area contributed by atoms with Crippen molar-refractivity contribution in [3.63, 3.8) is 0 Å². The largest absolute Gasteiger partial charge is 0.367 e. The summed E-state index contributed by atoms with van der Waals surface area (Å²) in [4.78, 5) is 0. The summed E-state index contributed by atoms with van der Waals surface area (Å²) in [5.41, 5.74) is 9.54. The zero-order chi connectivity index (χ0) is 12.6. The van der Waals surface area contributed by atoms with Crippen molar-refractivity contribution < 1.29 is 4.52 Å². The van der Waals surface area contributed by atoms with Crippen LogP contribution in [0.5, 0.6) is 0 Å². The second kappa shape index (κ2) is 4.41. The first-order chi connectivity index (χ1) is 8.00. The monoisotopic (exact) mass is 250 g/mol. The SMILES string of the molecule is Cc1cc(-c2noc(N)c2C(C)C)ccc1Cl. The molecule has 1 aromatic heterocycles. The maximum atomic E-state index is 6.01. The highest BCUT2D eigenvalue weighted by molar-refractivity contribution is 6.31. The van der Waals surface area contributed by atoms with Gasteiger partial charge in [-0.3, -0.25) is 0 Å². The molecule has 0 amide bonds. The van der Waals surface area contributed by atoms with Crippen LogP contribution in [0, 0.1) is 6.92 Å². The molecule has 0 bridgehead atoms. The van der Waals surface area contributed by atoms with Crippen LogP contribution in [0.4, 0.5) is 5.88 Å². The number of nitrogens with two attached hydrogens (primary N) is 1. The van der Waals surface area contributed by atoms with E-state index < -0.39 is 0 Å². The Morgan fingerprint density at radius 3 is 2.65 bits per heavy atom. The topological polar surface area (TPSA) is 52.0 Å². The highest BCUT2D eigenvalue weighted by Gasteiger charge is 2.18. The molecule has 0 aliphatic heterocycles. The molecule has 1 heterocycles. The molecule has 3 nitrogen and oxygen atoms in total. The van der Waals surface area contributed by atoms with Crippen LogP contribution in [0.15, 0.2) is 22.7 Å². The van der Waals surface area contributed by atoms with Crippen molar-refractivity contribution in [2.24, 2.45) is 0 Å². The van der Waals surface area contributed by atoms with E-state index in [2.05, 4.69) is 19.0 Å². The molecule has 4 heteroatoms. The van der Waals surface area contributed by atoms with Crippen molar-refractivity contribution >= 4 is 17.5 Å². The van der Waals surface area contributed by atoms with E-state index in [-0.39, 0.29) is 5.92 Å². The van der Waals surface area contributed by atoms with Gasteiger partial charge in [0.25, 0.3) is 0 Å². The third kappa shape index (κ3) is 2.15. The predicted octanol–water partition coefficient (Wildman–Crippen LogP) is 4.01. The number of nitrogen functional groups attached to an aromatic ring is 1. The van der Waals surface area contributed by atoms with Gasteiger partial charge in [0, 0.05) is 16.1 Å². The summed E-state index contributed by atoms with van der Waals surface area (Å²) in [5.74, 6) is 0.662. The van der Waals surface area contributed by atoms with E-state index >= 15 is 0 Å². The van der Waals surface area contributed by atoms with Gasteiger partial charge in [-0.2, -0.15) is 0 Å². The van der Waals surface area contributed by atoms with Crippen LogP contribution in [0.1, 0.15) is 30.9 Å². The molecule has 0 saturated heterocycles. The highest BCUT2D eigenvalue weighted by Crippen LogP contribution is 2.34. The van der Waals surface area contributed by atoms with E-state index in [0.29, 0.717) is 5.88 Å². The average molecular weight is 251 g/mol. The van der Waals surface area contributed by atoms with Gasteiger partial charge in [0.2, 0.25) is 5.88 Å². The second-order valence-corrected chi connectivity index (χ2v) is 4.83. The molecule has 0 aliphatic carbocycles. The van der Waals surface area contributed by atoms with E-state index in [1.54, 1.807) is 0 Å². The van der Waals surface area contributed by atoms with Crippen LogP contribution in [0.25, 0.3) is 11.3 Å². The molecule has 0 spiro atoms. The number of halogens is 1. The molecule has 17 heavy (non-hydrogen) atoms. The average Bonchev–Trinajstić information content (AvgIpc) is 2.64. The minimum Gasteiger partial charge on any atom is -0.367 e. The maximum Gasteiger partial charge on any atom is 0.226 e. The molecular formula is C13H15ClN2O. The summed E-state index contributed by atoms with van der Waals surface area (Å²) >= 11 is 6.01. The smallest absolute Gasteiger partial charge is 0.226 e. The normalized spacial score (nSPS) is 11.1. The maximum absolute atomic E-state index is 6.01. The molecule has 0 saturated carbocycles. The van der Waals surface area contributed by atoms with Gasteiger partial charge in [-0.05, 0) is 30.5 Å². The van der Waals surface area contributed by atoms with E-state index in [9.17, 15) is 0 Å². The zero-order valence-corrected chi connectivity index (χ0v) is 10.9. The minimum atomic E-state index is 0.271. The van der Waals surface area contributed by atoms with Crippen LogP contribution in [0.3, 0.4) is 0 Å². The Hall–Kier alpha value is -1.48. The lowest BCUT2D eigenvalue weighted by Crippen LogP contribution is -1.94. The van der Waals surface area contributed by atoms with E-state index in [0.717, 1.165) is 27.4 Å². The van der Waals surface area contributed by atoms with Crippen molar-refractivity contribution in [3.8, 4) is 11.3 Å². The molecule has 0 fully saturated rings. The molecule has 1 aromatic carbocycles. The molecule has 0 atom stereocenters. The molecule has 0 aliphatic rings. The van der Waals surface area contributed by atoms with Crippen molar-refractivity contribution in [1.82, 2.24) is 5.16 Å². The summed E-state index contributed by atoms with van der Waals surface area (Å²) in [7, 11) is 0. The summed E-state index contributed by atoms with van der Waals surface area (Å²) in [6.07, 6.45) is 0. The second-order valence-electron chi connectivity index (χ2n) is 4.43. The third-order valence-electron chi connectivity index (χ3n) is 2.76. The summed E-state index contributed by atoms with van der Waals surface area (Å²) in [6, 6.07) is 5.78. The number of nitrogens with zero attached hydrogens (tertiary/aromatic N) is 1. The van der Waals surface area contributed by atoms with Crippen molar-refractivity contribution in [1.29, 1.82) is 0 Å². The Morgan fingerprint density at radius 1 is 1.35 bits per heavy atom. The fourth-order valence-electron chi connectivity index (χ4n) is 1.87. The van der Waals surface area contributed by atoms with Crippen molar-refractivity contribution in [2.75, 3.05) is 5.73 Å². The summed E-state index contributed by atoms with van der Waals surface area (Å²) in [6.45, 7) is 6.09. The lowest BCUT2D eigenvalue weighted by atomic mass is 9.98. The fourth-order valence-corrected chi connectivity index (χ4v) is 1.99. The van der Waals surface area contributed by atoms with Gasteiger partial charge in [-0.25, -0.2) is 0 Å². The van der Waals surface area contributed by atoms with Crippen LogP contribution in [-0.2, 0) is 0 Å². The van der Waals surface area contributed by atoms with Gasteiger partial charge < -0.3 is 10.3 Å². The van der Waals surface area contributed by atoms with Crippen LogP contribution < -0.4 is 5.73 Å². The first kappa shape index (κ1) is 12.0. The van der Waals surface area contributed by atoms with Gasteiger partial charge in [0.05, 0.1) is 0 Å². The van der Waals surface area contributed by atoms with Gasteiger partial charge in [0.15, 0.2) is 0 Å².